The summed E-state index contributed by atoms with van der Waals surface area (Å²) in [5, 5.41) is 12.0. The lowest BCUT2D eigenvalue weighted by molar-refractivity contribution is -0.231. The average Bonchev–Trinajstić information content (AvgIpc) is 2.69. The molecule has 86 valence electrons. The fraction of sp³-hybridized carbons (Fsp3) is 0.909. The van der Waals surface area contributed by atoms with Crippen molar-refractivity contribution < 1.29 is 14.6 Å². The Morgan fingerprint density at radius 2 is 2.07 bits per heavy atom. The fourth-order valence-corrected chi connectivity index (χ4v) is 2.58. The number of aliphatic hydroxyl groups is 1. The summed E-state index contributed by atoms with van der Waals surface area (Å²) >= 11 is 0. The van der Waals surface area contributed by atoms with Crippen molar-refractivity contribution >= 4 is 5.91 Å². The summed E-state index contributed by atoms with van der Waals surface area (Å²) in [6.45, 7) is 4.45. The first-order chi connectivity index (χ1) is 7.01. The van der Waals surface area contributed by atoms with Crippen LogP contribution in [0.2, 0.25) is 0 Å². The van der Waals surface area contributed by atoms with Crippen LogP contribution in [0.25, 0.3) is 0 Å². The van der Waals surface area contributed by atoms with Gasteiger partial charge in [0.2, 0.25) is 5.91 Å². The lowest BCUT2D eigenvalue weighted by Crippen LogP contribution is -2.58. The minimum atomic E-state index is -0.275. The van der Waals surface area contributed by atoms with Crippen molar-refractivity contribution in [2.75, 3.05) is 13.2 Å². The minimum absolute atomic E-state index is 0.0190. The van der Waals surface area contributed by atoms with Gasteiger partial charge in [-0.2, -0.15) is 0 Å². The van der Waals surface area contributed by atoms with Crippen molar-refractivity contribution in [3.05, 3.63) is 0 Å². The Labute approximate surface area is 90.0 Å². The summed E-state index contributed by atoms with van der Waals surface area (Å²) in [5.41, 5.74) is -0.449. The van der Waals surface area contributed by atoms with Crippen LogP contribution < -0.4 is 5.32 Å². The van der Waals surface area contributed by atoms with Crippen molar-refractivity contribution in [3.63, 3.8) is 0 Å². The van der Waals surface area contributed by atoms with Crippen LogP contribution in [0.1, 0.15) is 33.1 Å². The first-order valence-corrected chi connectivity index (χ1v) is 5.60. The monoisotopic (exact) mass is 213 g/mol. The largest absolute Gasteiger partial charge is 0.393 e. The van der Waals surface area contributed by atoms with Crippen LogP contribution in [0.3, 0.4) is 0 Å². The van der Waals surface area contributed by atoms with Crippen LogP contribution in [-0.2, 0) is 9.53 Å². The number of carbonyl (C=O) groups is 1. The SMILES string of the molecule is CC(C)C(=O)NCC12CCC(CO)(C1)O2. The van der Waals surface area contributed by atoms with Crippen molar-refractivity contribution in [1.29, 1.82) is 0 Å². The number of hydrogen-bond acceptors (Lipinski definition) is 3. The van der Waals surface area contributed by atoms with E-state index < -0.39 is 0 Å². The molecule has 2 N–H and O–H groups in total. The number of carbonyl (C=O) groups excluding carboxylic acids is 1. The van der Waals surface area contributed by atoms with Crippen LogP contribution in [-0.4, -0.2) is 35.4 Å². The van der Waals surface area contributed by atoms with Gasteiger partial charge in [-0.1, -0.05) is 13.8 Å². The van der Waals surface area contributed by atoms with Crippen molar-refractivity contribution in [3.8, 4) is 0 Å². The molecule has 1 saturated carbocycles. The number of fused-ring (bicyclic) bond motifs is 1. The lowest BCUT2D eigenvalue weighted by atomic mass is 9.89. The van der Waals surface area contributed by atoms with Crippen LogP contribution in [0, 0.1) is 5.92 Å². The van der Waals surface area contributed by atoms with Gasteiger partial charge in [0.05, 0.1) is 17.8 Å². The Balaban J connectivity index is 1.81. The summed E-state index contributed by atoms with van der Waals surface area (Å²) < 4.78 is 5.74. The van der Waals surface area contributed by atoms with Gasteiger partial charge >= 0.3 is 0 Å². The predicted octanol–water partition coefficient (Wildman–Crippen LogP) is 0.443. The first-order valence-electron chi connectivity index (χ1n) is 5.60. The van der Waals surface area contributed by atoms with Crippen molar-refractivity contribution in [2.24, 2.45) is 5.92 Å². The second kappa shape index (κ2) is 3.46. The average molecular weight is 213 g/mol. The third-order valence-corrected chi connectivity index (χ3v) is 3.51. The molecule has 0 radical (unpaired) electrons. The van der Waals surface area contributed by atoms with E-state index in [9.17, 15) is 4.79 Å². The van der Waals surface area contributed by atoms with E-state index in [0.29, 0.717) is 6.54 Å². The molecule has 15 heavy (non-hydrogen) atoms. The standard InChI is InChI=1S/C11H19NO3/c1-8(2)9(14)12-6-10-3-4-11(5-10,7-13)15-10/h8,13H,3-7H2,1-2H3,(H,12,14). The summed E-state index contributed by atoms with van der Waals surface area (Å²) in [5.74, 6) is 0.0897. The first kappa shape index (κ1) is 10.9. The molecule has 0 aromatic rings. The van der Waals surface area contributed by atoms with Crippen molar-refractivity contribution in [2.45, 2.75) is 44.3 Å². The molecule has 2 aliphatic heterocycles. The topological polar surface area (TPSA) is 58.6 Å². The molecule has 4 nitrogen and oxygen atoms in total. The van der Waals surface area contributed by atoms with Crippen LogP contribution >= 0.6 is 0 Å². The Morgan fingerprint density at radius 3 is 2.53 bits per heavy atom. The van der Waals surface area contributed by atoms with Crippen LogP contribution in [0.4, 0.5) is 0 Å². The number of nitrogens with one attached hydrogen (secondary N) is 1. The Bertz CT molecular complexity index is 269. The molecule has 2 bridgehead atoms. The molecule has 3 rings (SSSR count). The highest BCUT2D eigenvalue weighted by Gasteiger charge is 2.61. The highest BCUT2D eigenvalue weighted by Crippen LogP contribution is 2.54. The molecule has 3 fully saturated rings. The molecule has 0 aromatic heterocycles. The van der Waals surface area contributed by atoms with Gasteiger partial charge in [0.15, 0.2) is 0 Å². The highest BCUT2D eigenvalue weighted by atomic mass is 16.6. The van der Waals surface area contributed by atoms with Crippen molar-refractivity contribution in [1.82, 2.24) is 5.32 Å². The van der Waals surface area contributed by atoms with Gasteiger partial charge in [-0.05, 0) is 12.8 Å². The van der Waals surface area contributed by atoms with Gasteiger partial charge in [0.1, 0.15) is 0 Å². The van der Waals surface area contributed by atoms with E-state index in [1.54, 1.807) is 0 Å². The van der Waals surface area contributed by atoms with Gasteiger partial charge in [0, 0.05) is 18.9 Å². The molecular formula is C11H19NO3. The zero-order chi connectivity index (χ0) is 11.1. The number of hydrogen-bond donors (Lipinski definition) is 2. The summed E-state index contributed by atoms with van der Waals surface area (Å²) in [4.78, 5) is 11.4. The fourth-order valence-electron chi connectivity index (χ4n) is 2.58. The molecule has 3 aliphatic rings. The second-order valence-electron chi connectivity index (χ2n) is 5.18. The number of rotatable bonds is 4. The summed E-state index contributed by atoms with van der Waals surface area (Å²) in [6, 6.07) is 0. The van der Waals surface area contributed by atoms with Crippen LogP contribution in [0.15, 0.2) is 0 Å². The van der Waals surface area contributed by atoms with E-state index in [1.807, 2.05) is 13.8 Å². The Hall–Kier alpha value is -0.610. The van der Waals surface area contributed by atoms with E-state index in [1.165, 1.54) is 0 Å². The highest BCUT2D eigenvalue weighted by molar-refractivity contribution is 5.77. The zero-order valence-corrected chi connectivity index (χ0v) is 9.38. The predicted molar refractivity (Wildman–Crippen MR) is 55.3 cm³/mol. The van der Waals surface area contributed by atoms with E-state index in [2.05, 4.69) is 5.32 Å². The smallest absolute Gasteiger partial charge is 0.222 e. The lowest BCUT2D eigenvalue weighted by Gasteiger charge is -2.47. The molecule has 2 saturated heterocycles. The van der Waals surface area contributed by atoms with Gasteiger partial charge in [-0.15, -0.1) is 0 Å². The molecule has 0 aromatic carbocycles. The summed E-state index contributed by atoms with van der Waals surface area (Å²) in [7, 11) is 0. The third kappa shape index (κ3) is 1.76. The molecule has 4 heteroatoms. The van der Waals surface area contributed by atoms with Gasteiger partial charge in [-0.25, -0.2) is 0 Å². The zero-order valence-electron chi connectivity index (χ0n) is 9.38. The number of ether oxygens (including phenoxy) is 1. The molecule has 1 aliphatic carbocycles. The molecule has 0 spiro atoms. The van der Waals surface area contributed by atoms with E-state index in [-0.39, 0.29) is 29.6 Å². The van der Waals surface area contributed by atoms with Gasteiger partial charge in [-0.3, -0.25) is 4.79 Å². The molecule has 1 amide bonds. The number of amides is 1. The maximum Gasteiger partial charge on any atom is 0.222 e. The molecular weight excluding hydrogens is 194 g/mol. The van der Waals surface area contributed by atoms with Gasteiger partial charge in [0.25, 0.3) is 0 Å². The normalized spacial score (nSPS) is 37.9. The molecule has 2 unspecified atom stereocenters. The maximum absolute atomic E-state index is 11.4. The maximum atomic E-state index is 11.4. The minimum Gasteiger partial charge on any atom is -0.393 e. The second-order valence-corrected chi connectivity index (χ2v) is 5.18. The molecule has 2 heterocycles. The van der Waals surface area contributed by atoms with E-state index in [4.69, 9.17) is 9.84 Å². The molecule has 2 atom stereocenters. The van der Waals surface area contributed by atoms with Gasteiger partial charge < -0.3 is 15.2 Å². The Kier molecular flexibility index (Phi) is 2.51. The quantitative estimate of drug-likeness (QED) is 0.712. The van der Waals surface area contributed by atoms with E-state index in [0.717, 1.165) is 19.3 Å². The third-order valence-electron chi connectivity index (χ3n) is 3.51. The van der Waals surface area contributed by atoms with E-state index >= 15 is 0 Å². The van der Waals surface area contributed by atoms with Crippen LogP contribution in [0.5, 0.6) is 0 Å². The Morgan fingerprint density at radius 1 is 1.47 bits per heavy atom. The number of aliphatic hydroxyl groups excluding tert-OH is 1. The summed E-state index contributed by atoms with van der Waals surface area (Å²) in [6.07, 6.45) is 2.75.